The first-order valence-electron chi connectivity index (χ1n) is 8.34. The maximum Gasteiger partial charge on any atom is 0.261 e. The number of hydrogen-bond acceptors (Lipinski definition) is 3. The van der Waals surface area contributed by atoms with Crippen LogP contribution >= 0.6 is 11.6 Å². The summed E-state index contributed by atoms with van der Waals surface area (Å²) in [7, 11) is -3.74. The summed E-state index contributed by atoms with van der Waals surface area (Å²) in [5.74, 6) is -0.122. The number of rotatable bonds is 6. The first-order chi connectivity index (χ1) is 12.8. The number of nitrogens with zero attached hydrogens (tertiary/aromatic N) is 2. The molecule has 0 aliphatic rings. The van der Waals surface area contributed by atoms with E-state index in [9.17, 15) is 12.8 Å². The van der Waals surface area contributed by atoms with Gasteiger partial charge < -0.3 is 0 Å². The Bertz CT molecular complexity index is 1030. The molecule has 0 spiro atoms. The van der Waals surface area contributed by atoms with E-state index in [1.165, 1.54) is 29.2 Å². The van der Waals surface area contributed by atoms with E-state index in [0.717, 1.165) is 5.56 Å². The van der Waals surface area contributed by atoms with Crippen molar-refractivity contribution in [1.82, 2.24) is 9.78 Å². The van der Waals surface area contributed by atoms with E-state index in [0.29, 0.717) is 11.5 Å². The standard InChI is InChI=1S/C19H19ClFN3O2S/c1-13(2)14-6-8-16(9-7-14)27(25,26)23-15-10-22-24(11-15)12-17-18(20)4-3-5-19(17)21/h3-11,13,23H,12H2,1-2H3. The van der Waals surface area contributed by atoms with Gasteiger partial charge in [0.25, 0.3) is 10.0 Å². The van der Waals surface area contributed by atoms with Gasteiger partial charge in [0, 0.05) is 16.8 Å². The molecule has 142 valence electrons. The average molecular weight is 408 g/mol. The van der Waals surface area contributed by atoms with Gasteiger partial charge in [-0.1, -0.05) is 43.6 Å². The molecule has 0 radical (unpaired) electrons. The number of benzene rings is 2. The van der Waals surface area contributed by atoms with E-state index in [1.807, 2.05) is 13.8 Å². The van der Waals surface area contributed by atoms with Crippen molar-refractivity contribution in [2.45, 2.75) is 31.2 Å². The van der Waals surface area contributed by atoms with Crippen molar-refractivity contribution in [3.05, 3.63) is 76.8 Å². The zero-order valence-electron chi connectivity index (χ0n) is 14.9. The quantitative estimate of drug-likeness (QED) is 0.647. The first-order valence-corrected chi connectivity index (χ1v) is 10.2. The Morgan fingerprint density at radius 2 is 1.89 bits per heavy atom. The number of sulfonamides is 1. The monoisotopic (exact) mass is 407 g/mol. The molecule has 1 aromatic heterocycles. The molecule has 0 unspecified atom stereocenters. The molecule has 0 bridgehead atoms. The lowest BCUT2D eigenvalue weighted by atomic mass is 10.0. The summed E-state index contributed by atoms with van der Waals surface area (Å²) in [5.41, 5.74) is 1.64. The molecule has 3 rings (SSSR count). The van der Waals surface area contributed by atoms with Crippen LogP contribution in [-0.2, 0) is 16.6 Å². The maximum atomic E-state index is 13.9. The molecule has 0 atom stereocenters. The highest BCUT2D eigenvalue weighted by molar-refractivity contribution is 7.92. The Balaban J connectivity index is 1.76. The van der Waals surface area contributed by atoms with Gasteiger partial charge in [-0.05, 0) is 35.7 Å². The predicted octanol–water partition coefficient (Wildman–Crippen LogP) is 4.65. The number of halogens is 2. The van der Waals surface area contributed by atoms with Crippen molar-refractivity contribution in [2.24, 2.45) is 0 Å². The summed E-state index contributed by atoms with van der Waals surface area (Å²) in [6.45, 7) is 4.17. The number of nitrogens with one attached hydrogen (secondary N) is 1. The van der Waals surface area contributed by atoms with E-state index in [1.54, 1.807) is 30.3 Å². The second-order valence-corrected chi connectivity index (χ2v) is 8.55. The third-order valence-electron chi connectivity index (χ3n) is 4.12. The smallest absolute Gasteiger partial charge is 0.261 e. The van der Waals surface area contributed by atoms with Gasteiger partial charge in [0.15, 0.2) is 0 Å². The molecule has 0 aliphatic carbocycles. The number of aromatic nitrogens is 2. The second kappa shape index (κ2) is 7.70. The lowest BCUT2D eigenvalue weighted by Crippen LogP contribution is -2.12. The van der Waals surface area contributed by atoms with Crippen LogP contribution in [-0.4, -0.2) is 18.2 Å². The summed E-state index contributed by atoms with van der Waals surface area (Å²) in [6, 6.07) is 11.2. The minimum absolute atomic E-state index is 0.0936. The molecular formula is C19H19ClFN3O2S. The fourth-order valence-electron chi connectivity index (χ4n) is 2.59. The van der Waals surface area contributed by atoms with Gasteiger partial charge in [0.2, 0.25) is 0 Å². The van der Waals surface area contributed by atoms with Crippen LogP contribution in [0.4, 0.5) is 10.1 Å². The third kappa shape index (κ3) is 4.48. The Morgan fingerprint density at radius 3 is 2.52 bits per heavy atom. The fourth-order valence-corrected chi connectivity index (χ4v) is 3.84. The SMILES string of the molecule is CC(C)c1ccc(S(=O)(=O)Nc2cnn(Cc3c(F)cccc3Cl)c2)cc1. The number of hydrogen-bond donors (Lipinski definition) is 1. The predicted molar refractivity (Wildman–Crippen MR) is 104 cm³/mol. The lowest BCUT2D eigenvalue weighted by Gasteiger charge is -2.09. The van der Waals surface area contributed by atoms with Crippen LogP contribution < -0.4 is 4.72 Å². The summed E-state index contributed by atoms with van der Waals surface area (Å²) >= 11 is 6.02. The van der Waals surface area contributed by atoms with E-state index < -0.39 is 15.8 Å². The largest absolute Gasteiger partial charge is 0.276 e. The molecular weight excluding hydrogens is 389 g/mol. The van der Waals surface area contributed by atoms with Crippen molar-refractivity contribution < 1.29 is 12.8 Å². The first kappa shape index (κ1) is 19.4. The van der Waals surface area contributed by atoms with Crippen LogP contribution in [0.2, 0.25) is 5.02 Å². The fraction of sp³-hybridized carbons (Fsp3) is 0.211. The van der Waals surface area contributed by atoms with Crippen LogP contribution in [0.5, 0.6) is 0 Å². The Hall–Kier alpha value is -2.38. The summed E-state index contributed by atoms with van der Waals surface area (Å²) in [6.07, 6.45) is 2.86. The van der Waals surface area contributed by atoms with Crippen molar-refractivity contribution in [3.63, 3.8) is 0 Å². The highest BCUT2D eigenvalue weighted by atomic mass is 35.5. The topological polar surface area (TPSA) is 64.0 Å². The molecule has 0 saturated heterocycles. The van der Waals surface area contributed by atoms with E-state index in [-0.39, 0.29) is 22.2 Å². The minimum Gasteiger partial charge on any atom is -0.276 e. The summed E-state index contributed by atoms with van der Waals surface area (Å²) in [5, 5.41) is 4.36. The molecule has 8 heteroatoms. The molecule has 3 aromatic rings. The minimum atomic E-state index is -3.74. The Kier molecular flexibility index (Phi) is 5.53. The van der Waals surface area contributed by atoms with Crippen LogP contribution in [0.15, 0.2) is 59.8 Å². The van der Waals surface area contributed by atoms with Crippen LogP contribution in [0.1, 0.15) is 30.9 Å². The van der Waals surface area contributed by atoms with Gasteiger partial charge in [0.05, 0.1) is 23.3 Å². The molecule has 0 fully saturated rings. The highest BCUT2D eigenvalue weighted by Crippen LogP contribution is 2.22. The summed E-state index contributed by atoms with van der Waals surface area (Å²) in [4.78, 5) is 0.164. The molecule has 1 heterocycles. The van der Waals surface area contributed by atoms with E-state index in [4.69, 9.17) is 11.6 Å². The average Bonchev–Trinajstić information content (AvgIpc) is 3.05. The van der Waals surface area contributed by atoms with Gasteiger partial charge >= 0.3 is 0 Å². The van der Waals surface area contributed by atoms with Crippen molar-refractivity contribution in [3.8, 4) is 0 Å². The molecule has 0 aliphatic heterocycles. The van der Waals surface area contributed by atoms with Crippen molar-refractivity contribution in [1.29, 1.82) is 0 Å². The lowest BCUT2D eigenvalue weighted by molar-refractivity contribution is 0.585. The van der Waals surface area contributed by atoms with Crippen LogP contribution in [0.3, 0.4) is 0 Å². The Labute approximate surface area is 162 Å². The van der Waals surface area contributed by atoms with E-state index >= 15 is 0 Å². The molecule has 0 saturated carbocycles. The zero-order chi connectivity index (χ0) is 19.6. The molecule has 5 nitrogen and oxygen atoms in total. The van der Waals surface area contributed by atoms with Gasteiger partial charge in [-0.15, -0.1) is 0 Å². The molecule has 1 N–H and O–H groups in total. The third-order valence-corrected chi connectivity index (χ3v) is 5.88. The van der Waals surface area contributed by atoms with Crippen LogP contribution in [0.25, 0.3) is 0 Å². The Morgan fingerprint density at radius 1 is 1.19 bits per heavy atom. The number of anilines is 1. The molecule has 27 heavy (non-hydrogen) atoms. The maximum absolute atomic E-state index is 13.9. The zero-order valence-corrected chi connectivity index (χ0v) is 16.4. The van der Waals surface area contributed by atoms with Crippen molar-refractivity contribution in [2.75, 3.05) is 4.72 Å². The van der Waals surface area contributed by atoms with Gasteiger partial charge in [-0.3, -0.25) is 9.40 Å². The summed E-state index contributed by atoms with van der Waals surface area (Å²) < 4.78 is 42.8. The van der Waals surface area contributed by atoms with Gasteiger partial charge in [-0.25, -0.2) is 12.8 Å². The molecule has 0 amide bonds. The second-order valence-electron chi connectivity index (χ2n) is 6.46. The highest BCUT2D eigenvalue weighted by Gasteiger charge is 2.16. The normalized spacial score (nSPS) is 11.7. The molecule has 2 aromatic carbocycles. The van der Waals surface area contributed by atoms with Crippen LogP contribution in [0, 0.1) is 5.82 Å². The van der Waals surface area contributed by atoms with Gasteiger partial charge in [-0.2, -0.15) is 5.10 Å². The van der Waals surface area contributed by atoms with Gasteiger partial charge in [0.1, 0.15) is 5.82 Å². The van der Waals surface area contributed by atoms with E-state index in [2.05, 4.69) is 9.82 Å². The van der Waals surface area contributed by atoms with Crippen molar-refractivity contribution >= 4 is 27.3 Å².